The van der Waals surface area contributed by atoms with Crippen molar-refractivity contribution in [3.63, 3.8) is 0 Å². The van der Waals surface area contributed by atoms with E-state index < -0.39 is 5.41 Å². The lowest BCUT2D eigenvalue weighted by Gasteiger charge is -2.36. The molecule has 1 aromatic heterocycles. The van der Waals surface area contributed by atoms with Crippen molar-refractivity contribution in [2.45, 2.75) is 51.9 Å². The number of carbonyl (C=O) groups excluding carboxylic acids is 1. The van der Waals surface area contributed by atoms with Gasteiger partial charge in [0, 0.05) is 19.3 Å². The molecule has 0 unspecified atom stereocenters. The Morgan fingerprint density at radius 1 is 1.21 bits per heavy atom. The van der Waals surface area contributed by atoms with E-state index in [1.807, 2.05) is 31.2 Å². The topological polar surface area (TPSA) is 60.5 Å². The molecule has 0 aliphatic carbocycles. The number of aryl methyl sites for hydroxylation is 2. The molecule has 150 valence electrons. The zero-order chi connectivity index (χ0) is 20.0. The van der Waals surface area contributed by atoms with Gasteiger partial charge in [-0.15, -0.1) is 0 Å². The average molecular weight is 383 g/mol. The maximum atomic E-state index is 13.4. The quantitative estimate of drug-likeness (QED) is 0.713. The fraction of sp³-hybridized carbons (Fsp3) is 0.478. The van der Waals surface area contributed by atoms with E-state index in [2.05, 4.69) is 36.3 Å². The van der Waals surface area contributed by atoms with Crippen molar-refractivity contribution in [3.8, 4) is 5.88 Å². The molecular formula is C23H30N2O3. The number of benzene rings is 1. The highest BCUT2D eigenvalue weighted by molar-refractivity contribution is 5.99. The fourth-order valence-electron chi connectivity index (χ4n) is 3.62. The monoisotopic (exact) mass is 382 g/mol. The number of unbranched alkanes of at least 4 members (excludes halogenated alkanes) is 1. The number of nitrogens with one attached hydrogen (secondary N) is 1. The van der Waals surface area contributed by atoms with Crippen LogP contribution in [-0.4, -0.2) is 30.7 Å². The van der Waals surface area contributed by atoms with Gasteiger partial charge in [-0.3, -0.25) is 4.79 Å². The van der Waals surface area contributed by atoms with Crippen LogP contribution in [0.25, 0.3) is 0 Å². The van der Waals surface area contributed by atoms with Crippen LogP contribution in [0.1, 0.15) is 49.4 Å². The number of carbonyl (C=O) groups is 1. The first-order valence-corrected chi connectivity index (χ1v) is 10.1. The van der Waals surface area contributed by atoms with Gasteiger partial charge in [0.05, 0.1) is 23.4 Å². The van der Waals surface area contributed by atoms with Gasteiger partial charge in [0.15, 0.2) is 0 Å². The van der Waals surface area contributed by atoms with Crippen LogP contribution in [0.3, 0.4) is 0 Å². The van der Waals surface area contributed by atoms with Gasteiger partial charge in [-0.2, -0.15) is 0 Å². The predicted molar refractivity (Wildman–Crippen MR) is 111 cm³/mol. The Kier molecular flexibility index (Phi) is 6.68. The molecule has 0 atom stereocenters. The summed E-state index contributed by atoms with van der Waals surface area (Å²) in [6.45, 7) is 7.91. The Balaban J connectivity index is 1.81. The number of ether oxygens (including phenoxy) is 2. The zero-order valence-corrected chi connectivity index (χ0v) is 17.1. The molecule has 0 saturated carbocycles. The third kappa shape index (κ3) is 4.53. The highest BCUT2D eigenvalue weighted by atomic mass is 16.5. The standard InChI is InChI=1S/C23H30N2O3/c1-4-5-13-28-21-10-9-20(18(3)24-21)25-22(26)23(11-14-27-15-12-23)19-8-6-7-17(2)16-19/h6-10,16H,4-5,11-15H2,1-3H3,(H,25,26). The Labute approximate surface area is 167 Å². The summed E-state index contributed by atoms with van der Waals surface area (Å²) in [4.78, 5) is 17.9. The molecule has 1 aromatic carbocycles. The molecule has 1 amide bonds. The Hall–Kier alpha value is -2.40. The summed E-state index contributed by atoms with van der Waals surface area (Å²) in [7, 11) is 0. The summed E-state index contributed by atoms with van der Waals surface area (Å²) in [5.74, 6) is 0.606. The van der Waals surface area contributed by atoms with Gasteiger partial charge in [-0.05, 0) is 44.7 Å². The van der Waals surface area contributed by atoms with Gasteiger partial charge in [0.1, 0.15) is 0 Å². The van der Waals surface area contributed by atoms with Crippen LogP contribution < -0.4 is 10.1 Å². The van der Waals surface area contributed by atoms with Crippen molar-refractivity contribution in [1.29, 1.82) is 0 Å². The largest absolute Gasteiger partial charge is 0.478 e. The highest BCUT2D eigenvalue weighted by Crippen LogP contribution is 2.37. The van der Waals surface area contributed by atoms with Crippen molar-refractivity contribution in [2.24, 2.45) is 0 Å². The van der Waals surface area contributed by atoms with Gasteiger partial charge in [0.25, 0.3) is 0 Å². The van der Waals surface area contributed by atoms with E-state index in [0.717, 1.165) is 35.3 Å². The van der Waals surface area contributed by atoms with Gasteiger partial charge in [-0.25, -0.2) is 4.98 Å². The lowest BCUT2D eigenvalue weighted by Crippen LogP contribution is -2.45. The molecule has 1 fully saturated rings. The number of nitrogens with zero attached hydrogens (tertiary/aromatic N) is 1. The van der Waals surface area contributed by atoms with Crippen molar-refractivity contribution >= 4 is 11.6 Å². The van der Waals surface area contributed by atoms with E-state index in [0.29, 0.717) is 38.5 Å². The minimum Gasteiger partial charge on any atom is -0.478 e. The molecule has 28 heavy (non-hydrogen) atoms. The summed E-state index contributed by atoms with van der Waals surface area (Å²) >= 11 is 0. The SMILES string of the molecule is CCCCOc1ccc(NC(=O)C2(c3cccc(C)c3)CCOCC2)c(C)n1. The number of pyridine rings is 1. The third-order valence-electron chi connectivity index (χ3n) is 5.41. The van der Waals surface area contributed by atoms with Crippen molar-refractivity contribution < 1.29 is 14.3 Å². The Morgan fingerprint density at radius 3 is 2.68 bits per heavy atom. The summed E-state index contributed by atoms with van der Waals surface area (Å²) in [6, 6.07) is 11.9. The Morgan fingerprint density at radius 2 is 2.00 bits per heavy atom. The molecule has 2 aromatic rings. The van der Waals surface area contributed by atoms with Crippen LogP contribution in [0, 0.1) is 13.8 Å². The number of anilines is 1. The van der Waals surface area contributed by atoms with Crippen molar-refractivity contribution in [3.05, 3.63) is 53.2 Å². The second-order valence-electron chi connectivity index (χ2n) is 7.50. The van der Waals surface area contributed by atoms with Crippen LogP contribution in [0.2, 0.25) is 0 Å². The van der Waals surface area contributed by atoms with Crippen molar-refractivity contribution in [2.75, 3.05) is 25.1 Å². The van der Waals surface area contributed by atoms with Crippen LogP contribution in [0.15, 0.2) is 36.4 Å². The van der Waals surface area contributed by atoms with Crippen LogP contribution in [-0.2, 0) is 14.9 Å². The minimum absolute atomic E-state index is 0.00551. The molecule has 2 heterocycles. The van der Waals surface area contributed by atoms with E-state index in [4.69, 9.17) is 9.47 Å². The molecule has 1 N–H and O–H groups in total. The second kappa shape index (κ2) is 9.20. The van der Waals surface area contributed by atoms with Gasteiger partial charge in [-0.1, -0.05) is 43.2 Å². The molecule has 1 aliphatic rings. The summed E-state index contributed by atoms with van der Waals surface area (Å²) in [5.41, 5.74) is 3.12. The molecule has 0 radical (unpaired) electrons. The second-order valence-corrected chi connectivity index (χ2v) is 7.50. The summed E-state index contributed by atoms with van der Waals surface area (Å²) < 4.78 is 11.2. The normalized spacial score (nSPS) is 15.8. The Bertz CT molecular complexity index is 813. The van der Waals surface area contributed by atoms with E-state index in [9.17, 15) is 4.79 Å². The molecule has 5 heteroatoms. The van der Waals surface area contributed by atoms with E-state index in [1.54, 1.807) is 0 Å². The van der Waals surface area contributed by atoms with Gasteiger partial charge >= 0.3 is 0 Å². The number of hydrogen-bond donors (Lipinski definition) is 1. The molecule has 5 nitrogen and oxygen atoms in total. The lowest BCUT2D eigenvalue weighted by molar-refractivity contribution is -0.125. The third-order valence-corrected chi connectivity index (χ3v) is 5.41. The first kappa shape index (κ1) is 20.3. The predicted octanol–water partition coefficient (Wildman–Crippen LogP) is 4.56. The van der Waals surface area contributed by atoms with E-state index in [-0.39, 0.29) is 5.91 Å². The molecule has 1 aliphatic heterocycles. The van der Waals surface area contributed by atoms with Crippen LogP contribution in [0.4, 0.5) is 5.69 Å². The maximum Gasteiger partial charge on any atom is 0.235 e. The maximum absolute atomic E-state index is 13.4. The molecule has 0 bridgehead atoms. The average Bonchev–Trinajstić information content (AvgIpc) is 2.70. The van der Waals surface area contributed by atoms with Gasteiger partial charge in [0.2, 0.25) is 11.8 Å². The summed E-state index contributed by atoms with van der Waals surface area (Å²) in [6.07, 6.45) is 3.43. The smallest absolute Gasteiger partial charge is 0.235 e. The van der Waals surface area contributed by atoms with Gasteiger partial charge < -0.3 is 14.8 Å². The summed E-state index contributed by atoms with van der Waals surface area (Å²) in [5, 5.41) is 3.12. The minimum atomic E-state index is -0.576. The molecular weight excluding hydrogens is 352 g/mol. The number of amides is 1. The highest BCUT2D eigenvalue weighted by Gasteiger charge is 2.42. The van der Waals surface area contributed by atoms with Crippen LogP contribution in [0.5, 0.6) is 5.88 Å². The van der Waals surface area contributed by atoms with E-state index in [1.165, 1.54) is 0 Å². The lowest BCUT2D eigenvalue weighted by atomic mass is 9.73. The number of aromatic nitrogens is 1. The molecule has 1 saturated heterocycles. The number of hydrogen-bond acceptors (Lipinski definition) is 4. The zero-order valence-electron chi connectivity index (χ0n) is 17.1. The first-order valence-electron chi connectivity index (χ1n) is 10.1. The van der Waals surface area contributed by atoms with Crippen LogP contribution >= 0.6 is 0 Å². The van der Waals surface area contributed by atoms with Crippen molar-refractivity contribution in [1.82, 2.24) is 4.98 Å². The molecule has 0 spiro atoms. The van der Waals surface area contributed by atoms with E-state index >= 15 is 0 Å². The first-order chi connectivity index (χ1) is 13.5. The fourth-order valence-corrected chi connectivity index (χ4v) is 3.62. The molecule has 3 rings (SSSR count). The number of rotatable bonds is 7.